The van der Waals surface area contributed by atoms with Crippen molar-refractivity contribution in [2.45, 2.75) is 68.7 Å². The van der Waals surface area contributed by atoms with Gasteiger partial charge >= 0.3 is 6.18 Å². The molecule has 30 heavy (non-hydrogen) atoms. The maximum Gasteiger partial charge on any atom is 0.408 e. The molecule has 2 fully saturated rings. The Morgan fingerprint density at radius 2 is 1.93 bits per heavy atom. The van der Waals surface area contributed by atoms with Crippen LogP contribution in [-0.2, 0) is 10.0 Å². The zero-order valence-electron chi connectivity index (χ0n) is 16.6. The van der Waals surface area contributed by atoms with E-state index >= 15 is 0 Å². The summed E-state index contributed by atoms with van der Waals surface area (Å²) in [5, 5.41) is 6.04. The first-order valence-electron chi connectivity index (χ1n) is 10.0. The van der Waals surface area contributed by atoms with Crippen LogP contribution >= 0.6 is 0 Å². The van der Waals surface area contributed by atoms with E-state index in [1.54, 1.807) is 0 Å². The van der Waals surface area contributed by atoms with Gasteiger partial charge in [-0.2, -0.15) is 21.6 Å². The minimum Gasteiger partial charge on any atom is -0.358 e. The summed E-state index contributed by atoms with van der Waals surface area (Å²) < 4.78 is 85.2. The van der Waals surface area contributed by atoms with Gasteiger partial charge in [-0.15, -0.1) is 4.40 Å². The standard InChI is InChI=1S/C19H24F4N4O2S/c1-10(2)24-13-5-6-27(16(9-13)19(21,22)23)14-7-12(20)8-15-17(14)25-18(11-3-4-11)26-30(15,28)29/h7-8,10-11,13,16,24H,3-6,9H2,1-2H3,(H,25,26)/t13-,16+/m1/s1. The molecule has 2 heterocycles. The molecule has 166 valence electrons. The van der Waals surface area contributed by atoms with Crippen molar-refractivity contribution in [1.29, 1.82) is 0 Å². The molecule has 2 atom stereocenters. The number of benzene rings is 1. The van der Waals surface area contributed by atoms with Crippen molar-refractivity contribution in [1.82, 2.24) is 5.32 Å². The van der Waals surface area contributed by atoms with Crippen molar-refractivity contribution < 1.29 is 26.0 Å². The van der Waals surface area contributed by atoms with E-state index in [1.807, 2.05) is 13.8 Å². The number of halogens is 4. The van der Waals surface area contributed by atoms with E-state index in [4.69, 9.17) is 0 Å². The van der Waals surface area contributed by atoms with Crippen LogP contribution in [0.2, 0.25) is 0 Å². The Labute approximate surface area is 172 Å². The lowest BCUT2D eigenvalue weighted by atomic mass is 9.95. The van der Waals surface area contributed by atoms with Crippen molar-refractivity contribution in [3.8, 4) is 0 Å². The van der Waals surface area contributed by atoms with Gasteiger partial charge in [0.25, 0.3) is 10.0 Å². The topological polar surface area (TPSA) is 73.8 Å². The monoisotopic (exact) mass is 448 g/mol. The van der Waals surface area contributed by atoms with Gasteiger partial charge in [-0.05, 0) is 37.8 Å². The Hall–Kier alpha value is -1.88. The number of nitrogens with one attached hydrogen (secondary N) is 2. The molecule has 4 rings (SSSR count). The van der Waals surface area contributed by atoms with Crippen LogP contribution in [0.25, 0.3) is 0 Å². The second-order valence-corrected chi connectivity index (χ2v) is 10.0. The van der Waals surface area contributed by atoms with Gasteiger partial charge in [-0.1, -0.05) is 13.8 Å². The SMILES string of the molecule is CC(C)N[C@@H]1CCN(c2cc(F)cc3c2NC(C2CC2)=NS3(=O)=O)[C@H](C(F)(F)F)C1. The minimum atomic E-state index is -4.56. The molecule has 1 aromatic rings. The number of amidine groups is 1. The molecule has 1 aromatic carbocycles. The molecule has 0 amide bonds. The molecule has 0 bridgehead atoms. The van der Waals surface area contributed by atoms with E-state index in [2.05, 4.69) is 15.0 Å². The molecule has 1 aliphatic carbocycles. The van der Waals surface area contributed by atoms with Crippen LogP contribution in [-0.4, -0.2) is 45.1 Å². The van der Waals surface area contributed by atoms with Crippen molar-refractivity contribution in [3.63, 3.8) is 0 Å². The molecule has 0 aromatic heterocycles. The summed E-state index contributed by atoms with van der Waals surface area (Å²) in [6.45, 7) is 3.75. The number of anilines is 2. The van der Waals surface area contributed by atoms with Crippen LogP contribution in [0.4, 0.5) is 28.9 Å². The molecular formula is C19H24F4N4O2S. The molecule has 2 aliphatic heterocycles. The molecule has 0 spiro atoms. The highest BCUT2D eigenvalue weighted by molar-refractivity contribution is 7.90. The van der Waals surface area contributed by atoms with Crippen LogP contribution in [0.15, 0.2) is 21.4 Å². The van der Waals surface area contributed by atoms with Gasteiger partial charge in [0.15, 0.2) is 0 Å². The van der Waals surface area contributed by atoms with Crippen molar-refractivity contribution in [3.05, 3.63) is 17.9 Å². The summed E-state index contributed by atoms with van der Waals surface area (Å²) in [4.78, 5) is 0.656. The van der Waals surface area contributed by atoms with Gasteiger partial charge in [0.2, 0.25) is 0 Å². The Morgan fingerprint density at radius 3 is 2.53 bits per heavy atom. The van der Waals surface area contributed by atoms with E-state index in [-0.39, 0.29) is 48.2 Å². The number of rotatable bonds is 4. The molecule has 0 unspecified atom stereocenters. The lowest BCUT2D eigenvalue weighted by molar-refractivity contribution is -0.154. The third kappa shape index (κ3) is 4.14. The number of fused-ring (bicyclic) bond motifs is 1. The normalized spacial score (nSPS) is 26.2. The second-order valence-electron chi connectivity index (χ2n) is 8.44. The third-order valence-corrected chi connectivity index (χ3v) is 6.93. The highest BCUT2D eigenvalue weighted by Crippen LogP contribution is 2.44. The number of alkyl halides is 3. The summed E-state index contributed by atoms with van der Waals surface area (Å²) >= 11 is 0. The third-order valence-electron chi connectivity index (χ3n) is 5.62. The van der Waals surface area contributed by atoms with Gasteiger partial charge in [0.1, 0.15) is 22.6 Å². The van der Waals surface area contributed by atoms with Crippen LogP contribution in [0.5, 0.6) is 0 Å². The highest BCUT2D eigenvalue weighted by Gasteiger charge is 2.48. The number of hydrogen-bond donors (Lipinski definition) is 2. The van der Waals surface area contributed by atoms with Gasteiger partial charge in [0, 0.05) is 24.5 Å². The van der Waals surface area contributed by atoms with Crippen LogP contribution in [0.3, 0.4) is 0 Å². The first-order chi connectivity index (χ1) is 14.0. The van der Waals surface area contributed by atoms with Crippen LogP contribution in [0, 0.1) is 11.7 Å². The van der Waals surface area contributed by atoms with Crippen LogP contribution < -0.4 is 15.5 Å². The average Bonchev–Trinajstić information content (AvgIpc) is 3.45. The summed E-state index contributed by atoms with van der Waals surface area (Å²) in [5.41, 5.74) is -0.107. The molecule has 1 saturated heterocycles. The van der Waals surface area contributed by atoms with Crippen molar-refractivity contribution in [2.24, 2.45) is 10.3 Å². The predicted molar refractivity (Wildman–Crippen MR) is 106 cm³/mol. The summed E-state index contributed by atoms with van der Waals surface area (Å²) in [6.07, 6.45) is -2.83. The molecule has 1 saturated carbocycles. The Balaban J connectivity index is 1.76. The van der Waals surface area contributed by atoms with Gasteiger partial charge in [0.05, 0.1) is 11.4 Å². The summed E-state index contributed by atoms with van der Waals surface area (Å²) in [5.74, 6) is -0.761. The van der Waals surface area contributed by atoms with Crippen molar-refractivity contribution in [2.75, 3.05) is 16.8 Å². The summed E-state index contributed by atoms with van der Waals surface area (Å²) in [6, 6.07) is -0.379. The Kier molecular flexibility index (Phi) is 5.24. The number of sulfonamides is 1. The fourth-order valence-electron chi connectivity index (χ4n) is 4.17. The Bertz CT molecular complexity index is 973. The summed E-state index contributed by atoms with van der Waals surface area (Å²) in [7, 11) is -4.19. The van der Waals surface area contributed by atoms with Crippen LogP contribution in [0.1, 0.15) is 39.5 Å². The first kappa shape index (κ1) is 21.4. The van der Waals surface area contributed by atoms with E-state index in [0.29, 0.717) is 6.42 Å². The van der Waals surface area contributed by atoms with E-state index in [9.17, 15) is 26.0 Å². The molecule has 2 N–H and O–H groups in total. The lowest BCUT2D eigenvalue weighted by Crippen LogP contribution is -2.56. The quantitative estimate of drug-likeness (QED) is 0.688. The number of nitrogens with zero attached hydrogens (tertiary/aromatic N) is 2. The van der Waals surface area contributed by atoms with Gasteiger partial charge in [-0.3, -0.25) is 0 Å². The van der Waals surface area contributed by atoms with Gasteiger partial charge in [-0.25, -0.2) is 4.39 Å². The maximum atomic E-state index is 14.3. The van der Waals surface area contributed by atoms with E-state index in [1.165, 1.54) is 0 Å². The molecule has 3 aliphatic rings. The zero-order valence-corrected chi connectivity index (χ0v) is 17.4. The van der Waals surface area contributed by atoms with E-state index in [0.717, 1.165) is 29.9 Å². The zero-order chi connectivity index (χ0) is 21.8. The number of piperidine rings is 1. The number of hydrogen-bond acceptors (Lipinski definition) is 5. The molecule has 6 nitrogen and oxygen atoms in total. The maximum absolute atomic E-state index is 14.3. The molecular weight excluding hydrogens is 424 g/mol. The predicted octanol–water partition coefficient (Wildman–Crippen LogP) is 3.65. The fraction of sp³-hybridized carbons (Fsp3) is 0.632. The lowest BCUT2D eigenvalue weighted by Gasteiger charge is -2.43. The second kappa shape index (κ2) is 7.37. The largest absolute Gasteiger partial charge is 0.408 e. The van der Waals surface area contributed by atoms with Gasteiger partial charge < -0.3 is 15.5 Å². The first-order valence-corrected chi connectivity index (χ1v) is 11.4. The van der Waals surface area contributed by atoms with E-state index < -0.39 is 33.0 Å². The smallest absolute Gasteiger partial charge is 0.358 e. The minimum absolute atomic E-state index is 0.0159. The highest BCUT2D eigenvalue weighted by atomic mass is 32.2. The Morgan fingerprint density at radius 1 is 1.23 bits per heavy atom. The van der Waals surface area contributed by atoms with Crippen molar-refractivity contribution >= 4 is 27.2 Å². The average molecular weight is 448 g/mol. The molecule has 11 heteroatoms. The fourth-order valence-corrected chi connectivity index (χ4v) is 5.40. The molecule has 0 radical (unpaired) electrons.